The molecule has 2 nitrogen and oxygen atoms in total. The van der Waals surface area contributed by atoms with Crippen molar-refractivity contribution in [3.05, 3.63) is 34.7 Å². The molecule has 1 aromatic heterocycles. The van der Waals surface area contributed by atoms with Crippen LogP contribution in [0.2, 0.25) is 0 Å². The average molecular weight is 248 g/mol. The summed E-state index contributed by atoms with van der Waals surface area (Å²) in [6, 6.07) is 2.82. The van der Waals surface area contributed by atoms with E-state index >= 15 is 0 Å². The van der Waals surface area contributed by atoms with Crippen molar-refractivity contribution in [1.82, 2.24) is 0 Å². The zero-order valence-corrected chi connectivity index (χ0v) is 8.77. The van der Waals surface area contributed by atoms with Crippen molar-refractivity contribution < 1.29 is 22.7 Å². The standard InChI is InChI=1S/C10H7F3O2S/c11-10(12,13)9(8-2-1-5-16-8)6-7(14)3-4-15-9/h1-5H,6H2. The molecule has 0 aliphatic carbocycles. The normalized spacial score (nSPS) is 25.6. The van der Waals surface area contributed by atoms with Gasteiger partial charge in [-0.15, -0.1) is 11.3 Å². The third-order valence-corrected chi connectivity index (χ3v) is 3.34. The zero-order valence-electron chi connectivity index (χ0n) is 7.95. The van der Waals surface area contributed by atoms with Gasteiger partial charge >= 0.3 is 6.18 Å². The largest absolute Gasteiger partial charge is 0.479 e. The number of thiophene rings is 1. The Morgan fingerprint density at radius 2 is 2.19 bits per heavy atom. The molecule has 0 radical (unpaired) electrons. The van der Waals surface area contributed by atoms with Gasteiger partial charge in [0, 0.05) is 6.08 Å². The van der Waals surface area contributed by atoms with Gasteiger partial charge in [-0.3, -0.25) is 4.79 Å². The van der Waals surface area contributed by atoms with Gasteiger partial charge in [0.1, 0.15) is 0 Å². The molecule has 0 spiro atoms. The fourth-order valence-electron chi connectivity index (χ4n) is 1.53. The Hall–Kier alpha value is -1.30. The number of carbonyl (C=O) groups excluding carboxylic acids is 1. The lowest BCUT2D eigenvalue weighted by Gasteiger charge is -2.35. The summed E-state index contributed by atoms with van der Waals surface area (Å²) in [5.41, 5.74) is -2.51. The molecule has 6 heteroatoms. The van der Waals surface area contributed by atoms with E-state index in [9.17, 15) is 18.0 Å². The molecule has 0 bridgehead atoms. The Bertz CT molecular complexity index is 422. The molecular weight excluding hydrogens is 241 g/mol. The van der Waals surface area contributed by atoms with Crippen molar-refractivity contribution in [1.29, 1.82) is 0 Å². The summed E-state index contributed by atoms with van der Waals surface area (Å²) in [7, 11) is 0. The average Bonchev–Trinajstić information content (AvgIpc) is 2.68. The van der Waals surface area contributed by atoms with E-state index in [1.54, 1.807) is 0 Å². The molecule has 1 unspecified atom stereocenters. The first-order valence-corrected chi connectivity index (χ1v) is 5.31. The van der Waals surface area contributed by atoms with Gasteiger partial charge in [-0.25, -0.2) is 0 Å². The van der Waals surface area contributed by atoms with E-state index < -0.39 is 24.0 Å². The topological polar surface area (TPSA) is 26.3 Å². The van der Waals surface area contributed by atoms with E-state index in [-0.39, 0.29) is 4.88 Å². The van der Waals surface area contributed by atoms with Crippen molar-refractivity contribution in [3.63, 3.8) is 0 Å². The van der Waals surface area contributed by atoms with Gasteiger partial charge in [0.25, 0.3) is 0 Å². The summed E-state index contributed by atoms with van der Waals surface area (Å²) in [5.74, 6) is -0.586. The van der Waals surface area contributed by atoms with Crippen LogP contribution in [0.15, 0.2) is 29.9 Å². The van der Waals surface area contributed by atoms with E-state index in [1.165, 1.54) is 17.5 Å². The highest BCUT2D eigenvalue weighted by atomic mass is 32.1. The van der Waals surface area contributed by atoms with Gasteiger partial charge in [0.2, 0.25) is 5.60 Å². The Kier molecular flexibility index (Phi) is 2.53. The van der Waals surface area contributed by atoms with Crippen molar-refractivity contribution >= 4 is 17.1 Å². The first-order valence-electron chi connectivity index (χ1n) is 4.44. The van der Waals surface area contributed by atoms with Crippen LogP contribution in [0, 0.1) is 0 Å². The van der Waals surface area contributed by atoms with E-state index in [2.05, 4.69) is 0 Å². The second-order valence-corrected chi connectivity index (χ2v) is 4.31. The monoisotopic (exact) mass is 248 g/mol. The minimum Gasteiger partial charge on any atom is -0.479 e. The third-order valence-electron chi connectivity index (χ3n) is 2.32. The number of ketones is 1. The highest BCUT2D eigenvalue weighted by molar-refractivity contribution is 7.10. The number of allylic oxidation sites excluding steroid dienone is 1. The molecular formula is C10H7F3O2S. The van der Waals surface area contributed by atoms with Gasteiger partial charge in [-0.2, -0.15) is 13.2 Å². The Morgan fingerprint density at radius 1 is 1.44 bits per heavy atom. The fourth-order valence-corrected chi connectivity index (χ4v) is 2.42. The summed E-state index contributed by atoms with van der Waals surface area (Å²) in [6.07, 6.45) is -3.48. The molecule has 1 aliphatic heterocycles. The lowest BCUT2D eigenvalue weighted by Crippen LogP contribution is -2.46. The molecule has 0 fully saturated rings. The van der Waals surface area contributed by atoms with Gasteiger partial charge in [0.15, 0.2) is 5.78 Å². The molecule has 1 aromatic rings. The van der Waals surface area contributed by atoms with Crippen molar-refractivity contribution in [3.8, 4) is 0 Å². The smallest absolute Gasteiger partial charge is 0.433 e. The number of carbonyl (C=O) groups is 1. The van der Waals surface area contributed by atoms with Crippen molar-refractivity contribution in [2.24, 2.45) is 0 Å². The van der Waals surface area contributed by atoms with Crippen LogP contribution in [-0.2, 0) is 15.1 Å². The molecule has 1 atom stereocenters. The number of ether oxygens (including phenoxy) is 1. The molecule has 1 aliphatic rings. The third kappa shape index (κ3) is 1.63. The maximum absolute atomic E-state index is 13.0. The Balaban J connectivity index is 2.50. The van der Waals surface area contributed by atoms with Crippen LogP contribution in [0.4, 0.5) is 13.2 Å². The first kappa shape index (κ1) is 11.2. The van der Waals surface area contributed by atoms with Gasteiger partial charge in [0.05, 0.1) is 17.6 Å². The fraction of sp³-hybridized carbons (Fsp3) is 0.300. The predicted molar refractivity (Wildman–Crippen MR) is 51.9 cm³/mol. The minimum atomic E-state index is -4.61. The van der Waals surface area contributed by atoms with E-state index in [1.807, 2.05) is 0 Å². The lowest BCUT2D eigenvalue weighted by atomic mass is 9.92. The SMILES string of the molecule is O=C1C=COC(c2cccs2)(C(F)(F)F)C1. The number of halogens is 3. The molecule has 2 rings (SSSR count). The molecule has 0 saturated carbocycles. The van der Waals surface area contributed by atoms with Crippen LogP contribution >= 0.6 is 11.3 Å². The predicted octanol–water partition coefficient (Wildman–Crippen LogP) is 3.01. The van der Waals surface area contributed by atoms with Crippen molar-refractivity contribution in [2.75, 3.05) is 0 Å². The van der Waals surface area contributed by atoms with E-state index in [4.69, 9.17) is 4.74 Å². The van der Waals surface area contributed by atoms with E-state index in [0.29, 0.717) is 0 Å². The molecule has 2 heterocycles. The molecule has 0 amide bonds. The summed E-state index contributed by atoms with van der Waals surface area (Å²) < 4.78 is 43.8. The number of rotatable bonds is 1. The summed E-state index contributed by atoms with van der Waals surface area (Å²) >= 11 is 0.926. The van der Waals surface area contributed by atoms with Crippen molar-refractivity contribution in [2.45, 2.75) is 18.2 Å². The summed E-state index contributed by atoms with van der Waals surface area (Å²) in [5, 5.41) is 1.52. The summed E-state index contributed by atoms with van der Waals surface area (Å²) in [4.78, 5) is 11.2. The molecule has 86 valence electrons. The van der Waals surface area contributed by atoms with Crippen LogP contribution in [0.1, 0.15) is 11.3 Å². The van der Waals surface area contributed by atoms with Crippen LogP contribution in [0.5, 0.6) is 0 Å². The summed E-state index contributed by atoms with van der Waals surface area (Å²) in [6.45, 7) is 0. The van der Waals surface area contributed by atoms with Gasteiger partial charge in [-0.1, -0.05) is 6.07 Å². The molecule has 16 heavy (non-hydrogen) atoms. The highest BCUT2D eigenvalue weighted by Crippen LogP contribution is 2.48. The second-order valence-electron chi connectivity index (χ2n) is 3.37. The first-order chi connectivity index (χ1) is 7.46. The number of hydrogen-bond acceptors (Lipinski definition) is 3. The number of hydrogen-bond donors (Lipinski definition) is 0. The van der Waals surface area contributed by atoms with Crippen LogP contribution in [0.25, 0.3) is 0 Å². The number of alkyl halides is 3. The maximum atomic E-state index is 13.0. The van der Waals surface area contributed by atoms with Gasteiger partial charge in [-0.05, 0) is 11.4 Å². The quantitative estimate of drug-likeness (QED) is 0.763. The van der Waals surface area contributed by atoms with E-state index in [0.717, 1.165) is 23.7 Å². The highest BCUT2D eigenvalue weighted by Gasteiger charge is 2.60. The molecule has 0 aromatic carbocycles. The zero-order chi connectivity index (χ0) is 11.8. The Labute approximate surface area is 93.3 Å². The molecule has 0 N–H and O–H groups in total. The Morgan fingerprint density at radius 3 is 2.69 bits per heavy atom. The van der Waals surface area contributed by atoms with Crippen LogP contribution < -0.4 is 0 Å². The lowest BCUT2D eigenvalue weighted by molar-refractivity contribution is -0.269. The maximum Gasteiger partial charge on any atom is 0.433 e. The van der Waals surface area contributed by atoms with Crippen LogP contribution in [0.3, 0.4) is 0 Å². The van der Waals surface area contributed by atoms with Gasteiger partial charge < -0.3 is 4.74 Å². The molecule has 0 saturated heterocycles. The second kappa shape index (κ2) is 3.62. The van der Waals surface area contributed by atoms with Crippen LogP contribution in [-0.4, -0.2) is 12.0 Å². The minimum absolute atomic E-state index is 0.00213.